The largest absolute Gasteiger partial charge is 0.508 e. The number of ether oxygens (including phenoxy) is 1. The molecule has 1 fully saturated rings. The summed E-state index contributed by atoms with van der Waals surface area (Å²) in [5.41, 5.74) is 0.557. The van der Waals surface area contributed by atoms with Crippen molar-refractivity contribution in [2.45, 2.75) is 0 Å². The van der Waals surface area contributed by atoms with E-state index in [4.69, 9.17) is 4.74 Å². The van der Waals surface area contributed by atoms with E-state index >= 15 is 0 Å². The van der Waals surface area contributed by atoms with E-state index in [2.05, 4.69) is 5.32 Å². The highest BCUT2D eigenvalue weighted by Crippen LogP contribution is 2.24. The number of anilines is 1. The van der Waals surface area contributed by atoms with Gasteiger partial charge in [-0.1, -0.05) is 12.1 Å². The quantitative estimate of drug-likeness (QED) is 0.660. The van der Waals surface area contributed by atoms with Crippen LogP contribution in [0.25, 0.3) is 6.08 Å². The van der Waals surface area contributed by atoms with E-state index in [0.717, 1.165) is 4.90 Å². The number of carbonyl (C=O) groups is 3. The molecule has 1 aliphatic heterocycles. The average Bonchev–Trinajstić information content (AvgIpc) is 2.59. The molecule has 0 atom stereocenters. The number of barbiturate groups is 1. The second-order valence-electron chi connectivity index (χ2n) is 5.25. The molecule has 0 saturated carbocycles. The van der Waals surface area contributed by atoms with Crippen LogP contribution in [-0.2, 0) is 9.59 Å². The van der Waals surface area contributed by atoms with Crippen LogP contribution in [0.2, 0.25) is 0 Å². The number of phenols is 1. The van der Waals surface area contributed by atoms with Gasteiger partial charge >= 0.3 is 6.03 Å². The van der Waals surface area contributed by atoms with Crippen molar-refractivity contribution in [1.82, 2.24) is 5.32 Å². The van der Waals surface area contributed by atoms with Gasteiger partial charge in [0.2, 0.25) is 0 Å². The van der Waals surface area contributed by atoms with Crippen LogP contribution < -0.4 is 15.0 Å². The summed E-state index contributed by atoms with van der Waals surface area (Å²) in [6, 6.07) is 11.5. The molecule has 25 heavy (non-hydrogen) atoms. The van der Waals surface area contributed by atoms with Crippen LogP contribution in [0, 0.1) is 0 Å². The maximum atomic E-state index is 12.7. The van der Waals surface area contributed by atoms with Gasteiger partial charge < -0.3 is 9.84 Å². The fraction of sp³-hybridized carbons (Fsp3) is 0.0556. The number of imide groups is 2. The predicted molar refractivity (Wildman–Crippen MR) is 90.1 cm³/mol. The Hall–Kier alpha value is -3.61. The standard InChI is InChI=1S/C18H14N2O5/c1-25-14-7-5-12(6-8-14)20-17(23)15(16(22)19-18(20)24)10-11-3-2-4-13(21)9-11/h2-10,21H,1H3,(H,19,22,24). The number of urea groups is 1. The normalized spacial score (nSPS) is 16.1. The SMILES string of the molecule is COc1ccc(N2C(=O)NC(=O)C(=Cc3cccc(O)c3)C2=O)cc1. The minimum absolute atomic E-state index is 0.00102. The fourth-order valence-corrected chi connectivity index (χ4v) is 2.40. The molecule has 2 aromatic rings. The molecule has 0 bridgehead atoms. The fourth-order valence-electron chi connectivity index (χ4n) is 2.40. The molecular weight excluding hydrogens is 324 g/mol. The first kappa shape index (κ1) is 16.3. The van der Waals surface area contributed by atoms with E-state index in [-0.39, 0.29) is 11.3 Å². The molecule has 1 saturated heterocycles. The molecule has 1 aliphatic rings. The molecule has 126 valence electrons. The zero-order valence-electron chi connectivity index (χ0n) is 13.2. The number of nitrogens with one attached hydrogen (secondary N) is 1. The van der Waals surface area contributed by atoms with Crippen LogP contribution in [0.4, 0.5) is 10.5 Å². The van der Waals surface area contributed by atoms with E-state index in [1.165, 1.54) is 37.5 Å². The van der Waals surface area contributed by atoms with Gasteiger partial charge in [0.1, 0.15) is 17.1 Å². The average molecular weight is 338 g/mol. The second kappa shape index (κ2) is 6.48. The molecule has 2 N–H and O–H groups in total. The number of carbonyl (C=O) groups excluding carboxylic acids is 3. The number of benzene rings is 2. The Morgan fingerprint density at radius 2 is 1.80 bits per heavy atom. The van der Waals surface area contributed by atoms with Crippen molar-refractivity contribution < 1.29 is 24.2 Å². The van der Waals surface area contributed by atoms with Gasteiger partial charge in [0.25, 0.3) is 11.8 Å². The summed E-state index contributed by atoms with van der Waals surface area (Å²) in [5.74, 6) is -0.966. The smallest absolute Gasteiger partial charge is 0.335 e. The number of amides is 4. The molecule has 0 spiro atoms. The third kappa shape index (κ3) is 3.20. The Morgan fingerprint density at radius 1 is 1.08 bits per heavy atom. The summed E-state index contributed by atoms with van der Waals surface area (Å²) in [6.45, 7) is 0. The maximum Gasteiger partial charge on any atom is 0.335 e. The second-order valence-corrected chi connectivity index (χ2v) is 5.25. The highest BCUT2D eigenvalue weighted by Gasteiger charge is 2.36. The molecule has 0 unspecified atom stereocenters. The van der Waals surface area contributed by atoms with Crippen molar-refractivity contribution in [3.05, 3.63) is 59.7 Å². The Kier molecular flexibility index (Phi) is 4.21. The molecule has 7 nitrogen and oxygen atoms in total. The van der Waals surface area contributed by atoms with Gasteiger partial charge in [-0.3, -0.25) is 14.9 Å². The first-order valence-corrected chi connectivity index (χ1v) is 7.34. The summed E-state index contributed by atoms with van der Waals surface area (Å²) >= 11 is 0. The lowest BCUT2D eigenvalue weighted by atomic mass is 10.1. The molecule has 3 rings (SSSR count). The molecular formula is C18H14N2O5. The number of aromatic hydroxyl groups is 1. The number of rotatable bonds is 3. The third-order valence-electron chi connectivity index (χ3n) is 3.61. The van der Waals surface area contributed by atoms with Gasteiger partial charge in [-0.05, 0) is 48.0 Å². The third-order valence-corrected chi connectivity index (χ3v) is 3.61. The van der Waals surface area contributed by atoms with Crippen molar-refractivity contribution >= 4 is 29.6 Å². The molecule has 7 heteroatoms. The molecule has 4 amide bonds. The highest BCUT2D eigenvalue weighted by atomic mass is 16.5. The Bertz CT molecular complexity index is 887. The topological polar surface area (TPSA) is 95.9 Å². The molecule has 1 heterocycles. The Balaban J connectivity index is 1.99. The minimum atomic E-state index is -0.826. The van der Waals surface area contributed by atoms with Gasteiger partial charge in [-0.15, -0.1) is 0 Å². The lowest BCUT2D eigenvalue weighted by molar-refractivity contribution is -0.122. The minimum Gasteiger partial charge on any atom is -0.508 e. The molecule has 0 radical (unpaired) electrons. The summed E-state index contributed by atoms with van der Waals surface area (Å²) in [6.07, 6.45) is 1.32. The zero-order chi connectivity index (χ0) is 18.0. The monoisotopic (exact) mass is 338 g/mol. The van der Waals surface area contributed by atoms with Crippen LogP contribution in [0.3, 0.4) is 0 Å². The first-order chi connectivity index (χ1) is 12.0. The zero-order valence-corrected chi connectivity index (χ0v) is 13.2. The number of phenolic OH excluding ortho intramolecular Hbond substituents is 1. The Labute approximate surface area is 143 Å². The van der Waals surface area contributed by atoms with E-state index in [1.54, 1.807) is 24.3 Å². The number of methoxy groups -OCH3 is 1. The molecule has 0 aromatic heterocycles. The van der Waals surface area contributed by atoms with Crippen molar-refractivity contribution in [2.24, 2.45) is 0 Å². The summed E-state index contributed by atoms with van der Waals surface area (Å²) in [4.78, 5) is 37.7. The lowest BCUT2D eigenvalue weighted by Gasteiger charge is -2.26. The van der Waals surface area contributed by atoms with Gasteiger partial charge in [-0.25, -0.2) is 9.69 Å². The van der Waals surface area contributed by atoms with E-state index < -0.39 is 17.8 Å². The van der Waals surface area contributed by atoms with Gasteiger partial charge in [0, 0.05) is 0 Å². The summed E-state index contributed by atoms with van der Waals surface area (Å²) in [5, 5.41) is 11.6. The number of nitrogens with zero attached hydrogens (tertiary/aromatic N) is 1. The first-order valence-electron chi connectivity index (χ1n) is 7.34. The van der Waals surface area contributed by atoms with Crippen LogP contribution in [0.1, 0.15) is 5.56 Å². The molecule has 2 aromatic carbocycles. The van der Waals surface area contributed by atoms with E-state index in [1.807, 2.05) is 0 Å². The van der Waals surface area contributed by atoms with Gasteiger partial charge in [0.05, 0.1) is 12.8 Å². The van der Waals surface area contributed by atoms with E-state index in [0.29, 0.717) is 17.0 Å². The highest BCUT2D eigenvalue weighted by molar-refractivity contribution is 6.39. The Morgan fingerprint density at radius 3 is 2.44 bits per heavy atom. The van der Waals surface area contributed by atoms with Crippen LogP contribution in [0.15, 0.2) is 54.1 Å². The summed E-state index contributed by atoms with van der Waals surface area (Å²) in [7, 11) is 1.50. The van der Waals surface area contributed by atoms with Crippen LogP contribution in [-0.4, -0.2) is 30.1 Å². The van der Waals surface area contributed by atoms with Crippen molar-refractivity contribution in [2.75, 3.05) is 12.0 Å². The van der Waals surface area contributed by atoms with Crippen molar-refractivity contribution in [1.29, 1.82) is 0 Å². The van der Waals surface area contributed by atoms with Crippen molar-refractivity contribution in [3.8, 4) is 11.5 Å². The van der Waals surface area contributed by atoms with Gasteiger partial charge in [0.15, 0.2) is 0 Å². The number of hydrogen-bond donors (Lipinski definition) is 2. The summed E-state index contributed by atoms with van der Waals surface area (Å²) < 4.78 is 5.05. The van der Waals surface area contributed by atoms with Crippen LogP contribution >= 0.6 is 0 Å². The predicted octanol–water partition coefficient (Wildman–Crippen LogP) is 2.07. The van der Waals surface area contributed by atoms with Crippen LogP contribution in [0.5, 0.6) is 11.5 Å². The van der Waals surface area contributed by atoms with Crippen molar-refractivity contribution in [3.63, 3.8) is 0 Å². The lowest BCUT2D eigenvalue weighted by Crippen LogP contribution is -2.54. The molecule has 0 aliphatic carbocycles. The number of hydrogen-bond acceptors (Lipinski definition) is 5. The van der Waals surface area contributed by atoms with E-state index in [9.17, 15) is 19.5 Å². The maximum absolute atomic E-state index is 12.7. The van der Waals surface area contributed by atoms with Gasteiger partial charge in [-0.2, -0.15) is 0 Å².